The molecule has 1 aliphatic heterocycles. The molecule has 1 aromatic carbocycles. The zero-order chi connectivity index (χ0) is 19.6. The van der Waals surface area contributed by atoms with Crippen LogP contribution in [0.5, 0.6) is 0 Å². The first-order valence-corrected chi connectivity index (χ1v) is 9.01. The van der Waals surface area contributed by atoms with Crippen molar-refractivity contribution in [1.29, 1.82) is 0 Å². The van der Waals surface area contributed by atoms with Crippen LogP contribution in [0.2, 0.25) is 5.02 Å². The lowest BCUT2D eigenvalue weighted by Crippen LogP contribution is -2.33. The molecule has 1 fully saturated rings. The summed E-state index contributed by atoms with van der Waals surface area (Å²) in [5, 5.41) is 2.28. The number of nitrogens with one attached hydrogen (secondary N) is 1. The van der Waals surface area contributed by atoms with Gasteiger partial charge in [0.05, 0.1) is 11.3 Å². The number of benzene rings is 1. The molecule has 2 aromatic rings. The molecule has 0 atom stereocenters. The van der Waals surface area contributed by atoms with Crippen LogP contribution in [0.4, 0.5) is 24.7 Å². The van der Waals surface area contributed by atoms with E-state index < -0.39 is 17.6 Å². The first-order valence-electron chi connectivity index (χ1n) is 8.63. The van der Waals surface area contributed by atoms with Crippen molar-refractivity contribution in [2.45, 2.75) is 25.9 Å². The summed E-state index contributed by atoms with van der Waals surface area (Å²) in [6.45, 7) is 3.88. The highest BCUT2D eigenvalue weighted by Gasteiger charge is 2.34. The summed E-state index contributed by atoms with van der Waals surface area (Å²) in [6, 6.07) is 6.34. The van der Waals surface area contributed by atoms with E-state index in [0.29, 0.717) is 11.7 Å². The molecule has 0 saturated carbocycles. The molecule has 0 unspecified atom stereocenters. The fourth-order valence-electron chi connectivity index (χ4n) is 3.02. The van der Waals surface area contributed by atoms with Crippen molar-refractivity contribution < 1.29 is 18.0 Å². The minimum Gasteiger partial charge on any atom is -0.357 e. The molecule has 1 N–H and O–H groups in total. The fraction of sp³-hybridized carbons (Fsp3) is 0.368. The van der Waals surface area contributed by atoms with Crippen molar-refractivity contribution in [3.05, 3.63) is 52.7 Å². The van der Waals surface area contributed by atoms with Crippen molar-refractivity contribution in [2.75, 3.05) is 23.3 Å². The Balaban J connectivity index is 1.80. The topological polar surface area (TPSA) is 45.2 Å². The van der Waals surface area contributed by atoms with Gasteiger partial charge >= 0.3 is 6.18 Å². The third-order valence-corrected chi connectivity index (χ3v) is 4.89. The zero-order valence-corrected chi connectivity index (χ0v) is 15.4. The van der Waals surface area contributed by atoms with Gasteiger partial charge in [-0.2, -0.15) is 13.2 Å². The molecule has 1 amide bonds. The molecule has 27 heavy (non-hydrogen) atoms. The average molecular weight is 398 g/mol. The van der Waals surface area contributed by atoms with Gasteiger partial charge < -0.3 is 10.2 Å². The summed E-state index contributed by atoms with van der Waals surface area (Å²) >= 11 is 5.67. The molecule has 0 bridgehead atoms. The van der Waals surface area contributed by atoms with Gasteiger partial charge in [0.25, 0.3) is 5.91 Å². The molecule has 144 valence electrons. The van der Waals surface area contributed by atoms with Crippen LogP contribution in [0.1, 0.15) is 35.7 Å². The molecule has 4 nitrogen and oxygen atoms in total. The van der Waals surface area contributed by atoms with E-state index in [1.807, 2.05) is 0 Å². The van der Waals surface area contributed by atoms with Gasteiger partial charge in [0.15, 0.2) is 0 Å². The molecule has 8 heteroatoms. The fourth-order valence-corrected chi connectivity index (χ4v) is 3.20. The van der Waals surface area contributed by atoms with Gasteiger partial charge in [0.1, 0.15) is 5.82 Å². The molecule has 0 spiro atoms. The largest absolute Gasteiger partial charge is 0.418 e. The SMILES string of the molecule is CC1CCN(c2cc(C(=O)Nc3ccc(Cl)cc3C(F)(F)F)ccn2)CC1. The number of amides is 1. The molecular weight excluding hydrogens is 379 g/mol. The van der Waals surface area contributed by atoms with Gasteiger partial charge in [-0.25, -0.2) is 4.98 Å². The first kappa shape index (κ1) is 19.5. The van der Waals surface area contributed by atoms with E-state index in [1.165, 1.54) is 18.3 Å². The molecule has 1 aromatic heterocycles. The van der Waals surface area contributed by atoms with E-state index in [0.717, 1.165) is 38.1 Å². The maximum Gasteiger partial charge on any atom is 0.418 e. The van der Waals surface area contributed by atoms with Crippen molar-refractivity contribution in [1.82, 2.24) is 4.98 Å². The number of anilines is 2. The Labute approximate surface area is 160 Å². The molecule has 0 radical (unpaired) electrons. The summed E-state index contributed by atoms with van der Waals surface area (Å²) in [7, 11) is 0. The maximum atomic E-state index is 13.2. The maximum absolute atomic E-state index is 13.2. The van der Waals surface area contributed by atoms with Crippen LogP contribution in [0.3, 0.4) is 0 Å². The number of rotatable bonds is 3. The number of nitrogens with zero attached hydrogens (tertiary/aromatic N) is 2. The second kappa shape index (κ2) is 7.76. The summed E-state index contributed by atoms with van der Waals surface area (Å²) < 4.78 is 39.6. The summed E-state index contributed by atoms with van der Waals surface area (Å²) in [4.78, 5) is 18.9. The summed E-state index contributed by atoms with van der Waals surface area (Å²) in [5.74, 6) is 0.678. The van der Waals surface area contributed by atoms with Crippen LogP contribution >= 0.6 is 11.6 Å². The highest BCUT2D eigenvalue weighted by Crippen LogP contribution is 2.36. The van der Waals surface area contributed by atoms with Gasteiger partial charge in [-0.15, -0.1) is 0 Å². The molecule has 1 aliphatic rings. The Bertz CT molecular complexity index is 833. The van der Waals surface area contributed by atoms with Crippen LogP contribution in [0.25, 0.3) is 0 Å². The van der Waals surface area contributed by atoms with Gasteiger partial charge in [0.2, 0.25) is 0 Å². The third kappa shape index (κ3) is 4.71. The van der Waals surface area contributed by atoms with Crippen LogP contribution in [-0.4, -0.2) is 24.0 Å². The lowest BCUT2D eigenvalue weighted by Gasteiger charge is -2.31. The normalized spacial score (nSPS) is 15.7. The minimum absolute atomic E-state index is 0.0501. The second-order valence-electron chi connectivity index (χ2n) is 6.71. The van der Waals surface area contributed by atoms with Crippen molar-refractivity contribution in [3.8, 4) is 0 Å². The van der Waals surface area contributed by atoms with E-state index >= 15 is 0 Å². The van der Waals surface area contributed by atoms with Crippen molar-refractivity contribution >= 4 is 29.0 Å². The van der Waals surface area contributed by atoms with Gasteiger partial charge in [-0.1, -0.05) is 18.5 Å². The van der Waals surface area contributed by atoms with E-state index in [4.69, 9.17) is 11.6 Å². The predicted molar refractivity (Wildman–Crippen MR) is 99.3 cm³/mol. The summed E-state index contributed by atoms with van der Waals surface area (Å²) in [6.07, 6.45) is -1.05. The molecule has 3 rings (SSSR count). The number of aromatic nitrogens is 1. The number of pyridine rings is 1. The Morgan fingerprint density at radius 3 is 2.59 bits per heavy atom. The Morgan fingerprint density at radius 2 is 1.93 bits per heavy atom. The standard InChI is InChI=1S/C19H19ClF3N3O/c1-12-5-8-26(9-6-12)17-10-13(4-7-24-17)18(27)25-16-3-2-14(20)11-15(16)19(21,22)23/h2-4,7,10-12H,5-6,8-9H2,1H3,(H,25,27). The number of halogens is 4. The van der Waals surface area contributed by atoms with Crippen LogP contribution in [0, 0.1) is 5.92 Å². The number of piperidine rings is 1. The van der Waals surface area contributed by atoms with Gasteiger partial charge in [-0.3, -0.25) is 4.79 Å². The van der Waals surface area contributed by atoms with Crippen molar-refractivity contribution in [2.24, 2.45) is 5.92 Å². The lowest BCUT2D eigenvalue weighted by atomic mass is 9.99. The number of alkyl halides is 3. The van der Waals surface area contributed by atoms with Crippen LogP contribution < -0.4 is 10.2 Å². The average Bonchev–Trinajstić information content (AvgIpc) is 2.63. The Hall–Kier alpha value is -2.28. The lowest BCUT2D eigenvalue weighted by molar-refractivity contribution is -0.136. The van der Waals surface area contributed by atoms with Gasteiger partial charge in [0, 0.05) is 29.9 Å². The van der Waals surface area contributed by atoms with Gasteiger partial charge in [-0.05, 0) is 49.1 Å². The van der Waals surface area contributed by atoms with E-state index in [9.17, 15) is 18.0 Å². The highest BCUT2D eigenvalue weighted by atomic mass is 35.5. The second-order valence-corrected chi connectivity index (χ2v) is 7.15. The highest BCUT2D eigenvalue weighted by molar-refractivity contribution is 6.30. The molecule has 2 heterocycles. The monoisotopic (exact) mass is 397 g/mol. The number of hydrogen-bond donors (Lipinski definition) is 1. The molecule has 0 aliphatic carbocycles. The van der Waals surface area contributed by atoms with Crippen molar-refractivity contribution in [3.63, 3.8) is 0 Å². The Morgan fingerprint density at radius 1 is 1.22 bits per heavy atom. The van der Waals surface area contributed by atoms with E-state index in [1.54, 1.807) is 6.07 Å². The minimum atomic E-state index is -4.62. The quantitative estimate of drug-likeness (QED) is 0.770. The number of carbonyl (C=O) groups is 1. The number of carbonyl (C=O) groups excluding carboxylic acids is 1. The first-order chi connectivity index (χ1) is 12.7. The Kier molecular flexibility index (Phi) is 5.60. The molecule has 1 saturated heterocycles. The van der Waals surface area contributed by atoms with Crippen LogP contribution in [0.15, 0.2) is 36.5 Å². The third-order valence-electron chi connectivity index (χ3n) is 4.65. The molecular formula is C19H19ClF3N3O. The summed E-state index contributed by atoms with van der Waals surface area (Å²) in [5.41, 5.74) is -1.06. The van der Waals surface area contributed by atoms with Crippen LogP contribution in [-0.2, 0) is 6.18 Å². The smallest absolute Gasteiger partial charge is 0.357 e. The van der Waals surface area contributed by atoms with E-state index in [-0.39, 0.29) is 16.3 Å². The number of hydrogen-bond acceptors (Lipinski definition) is 3. The van der Waals surface area contributed by atoms with E-state index in [2.05, 4.69) is 22.1 Å². The zero-order valence-electron chi connectivity index (χ0n) is 14.7. The predicted octanol–water partition coefficient (Wildman–Crippen LogP) is 5.24.